The monoisotopic (exact) mass is 409 g/mol. The molecule has 1 aromatic heterocycles. The van der Waals surface area contributed by atoms with Crippen molar-refractivity contribution in [2.75, 3.05) is 31.1 Å². The summed E-state index contributed by atoms with van der Waals surface area (Å²) < 4.78 is 16.2. The third-order valence-electron chi connectivity index (χ3n) is 5.98. The fourth-order valence-corrected chi connectivity index (χ4v) is 4.35. The minimum absolute atomic E-state index is 0.143. The van der Waals surface area contributed by atoms with Crippen molar-refractivity contribution >= 4 is 5.69 Å². The summed E-state index contributed by atoms with van der Waals surface area (Å²) in [7, 11) is 0. The molecule has 1 saturated heterocycles. The summed E-state index contributed by atoms with van der Waals surface area (Å²) in [5.41, 5.74) is 1.90. The van der Waals surface area contributed by atoms with Crippen molar-refractivity contribution in [3.8, 4) is 0 Å². The Kier molecular flexibility index (Phi) is 6.69. The first-order valence-electron chi connectivity index (χ1n) is 10.9. The Morgan fingerprint density at radius 1 is 1.03 bits per heavy atom. The molecule has 7 heteroatoms. The van der Waals surface area contributed by atoms with E-state index in [-0.39, 0.29) is 11.9 Å². The molecule has 0 unspecified atom stereocenters. The van der Waals surface area contributed by atoms with E-state index in [1.807, 2.05) is 35.0 Å². The number of unbranched alkanes of at least 4 members (excludes halogenated alkanes) is 1. The Morgan fingerprint density at radius 2 is 1.77 bits per heavy atom. The highest BCUT2D eigenvalue weighted by Gasteiger charge is 2.32. The van der Waals surface area contributed by atoms with E-state index in [0.29, 0.717) is 12.2 Å². The number of hydrogen-bond donors (Lipinski definition) is 1. The quantitative estimate of drug-likeness (QED) is 0.621. The molecule has 0 amide bonds. The van der Waals surface area contributed by atoms with Gasteiger partial charge in [0, 0.05) is 6.42 Å². The fraction of sp³-hybridized carbons (Fsp3) is 0.435. The summed E-state index contributed by atoms with van der Waals surface area (Å²) in [6, 6.07) is 17.6. The molecule has 0 aliphatic carbocycles. The van der Waals surface area contributed by atoms with E-state index in [2.05, 4.69) is 39.5 Å². The lowest BCUT2D eigenvalue weighted by atomic mass is 10.1. The Labute approximate surface area is 177 Å². The van der Waals surface area contributed by atoms with Crippen molar-refractivity contribution in [3.05, 3.63) is 71.8 Å². The molecule has 0 radical (unpaired) electrons. The molecule has 158 valence electrons. The molecule has 1 aliphatic rings. The highest BCUT2D eigenvalue weighted by Crippen LogP contribution is 2.20. The number of aromatic nitrogens is 4. The fourth-order valence-electron chi connectivity index (χ4n) is 4.35. The standard InChI is InChI=1S/C23H29FN6/c1-2-3-12-22(23-25-26-27-30(23)18-19-9-5-4-6-10-19)29-16-14-28(15-17-29)21-13-8-7-11-20(21)24/h4-11,13,22H,2-3,12,14-18H2,1H3/p+1/t22-/m0/s1. The van der Waals surface area contributed by atoms with E-state index in [1.54, 1.807) is 6.07 Å². The first-order chi connectivity index (χ1) is 14.8. The van der Waals surface area contributed by atoms with Gasteiger partial charge < -0.3 is 9.80 Å². The largest absolute Gasteiger partial charge is 0.358 e. The predicted octanol–water partition coefficient (Wildman–Crippen LogP) is 2.50. The molecule has 3 aromatic rings. The van der Waals surface area contributed by atoms with E-state index >= 15 is 0 Å². The van der Waals surface area contributed by atoms with Crippen molar-refractivity contribution in [2.45, 2.75) is 38.8 Å². The minimum atomic E-state index is -0.143. The van der Waals surface area contributed by atoms with Crippen molar-refractivity contribution in [3.63, 3.8) is 0 Å². The van der Waals surface area contributed by atoms with E-state index < -0.39 is 0 Å². The zero-order chi connectivity index (χ0) is 20.8. The second-order valence-electron chi connectivity index (χ2n) is 7.97. The molecule has 2 heterocycles. The summed E-state index contributed by atoms with van der Waals surface area (Å²) in [6.45, 7) is 6.45. The van der Waals surface area contributed by atoms with E-state index in [0.717, 1.165) is 51.3 Å². The van der Waals surface area contributed by atoms with Crippen molar-refractivity contribution in [1.29, 1.82) is 0 Å². The van der Waals surface area contributed by atoms with Gasteiger partial charge in [-0.3, -0.25) is 0 Å². The Balaban J connectivity index is 1.49. The number of tetrazole rings is 1. The van der Waals surface area contributed by atoms with Crippen LogP contribution in [0, 0.1) is 5.82 Å². The van der Waals surface area contributed by atoms with Crippen LogP contribution in [0.2, 0.25) is 0 Å². The summed E-state index contributed by atoms with van der Waals surface area (Å²) in [5.74, 6) is 0.817. The number of anilines is 1. The molecular formula is C23H30FN6+. The highest BCUT2D eigenvalue weighted by atomic mass is 19.1. The Bertz CT molecular complexity index is 920. The molecule has 0 spiro atoms. The van der Waals surface area contributed by atoms with Gasteiger partial charge in [0.05, 0.1) is 38.4 Å². The van der Waals surface area contributed by atoms with Crippen LogP contribution in [0.25, 0.3) is 0 Å². The lowest BCUT2D eigenvalue weighted by Gasteiger charge is -2.37. The number of piperazine rings is 1. The first-order valence-corrected chi connectivity index (χ1v) is 10.9. The maximum absolute atomic E-state index is 14.2. The number of quaternary nitrogens is 1. The molecule has 6 nitrogen and oxygen atoms in total. The van der Waals surface area contributed by atoms with Crippen molar-refractivity contribution in [2.24, 2.45) is 0 Å². The number of para-hydroxylation sites is 1. The molecule has 1 N–H and O–H groups in total. The summed E-state index contributed by atoms with van der Waals surface area (Å²) >= 11 is 0. The number of nitrogens with zero attached hydrogens (tertiary/aromatic N) is 5. The molecule has 1 aliphatic heterocycles. The first kappa shape index (κ1) is 20.5. The normalized spacial score (nSPS) is 16.0. The van der Waals surface area contributed by atoms with Crippen LogP contribution >= 0.6 is 0 Å². The SMILES string of the molecule is CCCC[C@@H](c1nnnn1Cc1ccccc1)[NH+]1CCN(c2ccccc2F)CC1. The summed E-state index contributed by atoms with van der Waals surface area (Å²) in [5, 5.41) is 12.7. The molecule has 2 aromatic carbocycles. The molecule has 0 saturated carbocycles. The maximum Gasteiger partial charge on any atom is 0.209 e. The van der Waals surface area contributed by atoms with Crippen LogP contribution in [0.5, 0.6) is 0 Å². The van der Waals surface area contributed by atoms with Crippen LogP contribution in [0.1, 0.15) is 43.6 Å². The van der Waals surface area contributed by atoms with Gasteiger partial charge in [-0.15, -0.1) is 5.10 Å². The van der Waals surface area contributed by atoms with Gasteiger partial charge in [-0.2, -0.15) is 0 Å². The molecule has 30 heavy (non-hydrogen) atoms. The molecule has 0 bridgehead atoms. The predicted molar refractivity (Wildman–Crippen MR) is 115 cm³/mol. The Hall–Kier alpha value is -2.80. The van der Waals surface area contributed by atoms with E-state index in [1.165, 1.54) is 16.5 Å². The number of hydrogen-bond acceptors (Lipinski definition) is 4. The topological polar surface area (TPSA) is 51.3 Å². The van der Waals surface area contributed by atoms with Crippen LogP contribution in [-0.2, 0) is 6.54 Å². The second kappa shape index (κ2) is 9.80. The van der Waals surface area contributed by atoms with Crippen LogP contribution in [-0.4, -0.2) is 46.4 Å². The molecule has 4 rings (SSSR count). The number of rotatable bonds is 8. The van der Waals surface area contributed by atoms with Crippen LogP contribution in [0.3, 0.4) is 0 Å². The van der Waals surface area contributed by atoms with Gasteiger partial charge in [0.2, 0.25) is 5.82 Å². The van der Waals surface area contributed by atoms with Gasteiger partial charge >= 0.3 is 0 Å². The molecular weight excluding hydrogens is 379 g/mol. The van der Waals surface area contributed by atoms with Crippen molar-refractivity contribution < 1.29 is 9.29 Å². The Morgan fingerprint density at radius 3 is 2.50 bits per heavy atom. The number of halogens is 1. The van der Waals surface area contributed by atoms with Gasteiger partial charge in [0.1, 0.15) is 11.9 Å². The molecule has 1 atom stereocenters. The number of nitrogens with one attached hydrogen (secondary N) is 1. The van der Waals surface area contributed by atoms with E-state index in [4.69, 9.17) is 0 Å². The highest BCUT2D eigenvalue weighted by molar-refractivity contribution is 5.47. The third kappa shape index (κ3) is 4.67. The maximum atomic E-state index is 14.2. The second-order valence-corrected chi connectivity index (χ2v) is 7.97. The van der Waals surface area contributed by atoms with Gasteiger partial charge in [-0.25, -0.2) is 9.07 Å². The van der Waals surface area contributed by atoms with Crippen LogP contribution in [0.4, 0.5) is 10.1 Å². The molecule has 1 fully saturated rings. The average molecular weight is 410 g/mol. The zero-order valence-electron chi connectivity index (χ0n) is 17.5. The van der Waals surface area contributed by atoms with Gasteiger partial charge in [-0.05, 0) is 34.5 Å². The summed E-state index contributed by atoms with van der Waals surface area (Å²) in [6.07, 6.45) is 3.34. The minimum Gasteiger partial charge on any atom is -0.358 e. The lowest BCUT2D eigenvalue weighted by Crippen LogP contribution is -3.15. The lowest BCUT2D eigenvalue weighted by molar-refractivity contribution is -0.933. The van der Waals surface area contributed by atoms with Crippen LogP contribution in [0.15, 0.2) is 54.6 Å². The third-order valence-corrected chi connectivity index (χ3v) is 5.98. The van der Waals surface area contributed by atoms with Gasteiger partial charge in [-0.1, -0.05) is 55.8 Å². The van der Waals surface area contributed by atoms with Gasteiger partial charge in [0.15, 0.2) is 0 Å². The van der Waals surface area contributed by atoms with Crippen LogP contribution < -0.4 is 9.80 Å². The summed E-state index contributed by atoms with van der Waals surface area (Å²) in [4.78, 5) is 3.64. The van der Waals surface area contributed by atoms with Crippen molar-refractivity contribution in [1.82, 2.24) is 20.2 Å². The smallest absolute Gasteiger partial charge is 0.209 e. The van der Waals surface area contributed by atoms with E-state index in [9.17, 15) is 4.39 Å². The zero-order valence-corrected chi connectivity index (χ0v) is 17.5. The average Bonchev–Trinajstić information content (AvgIpc) is 3.23. The number of benzene rings is 2. The van der Waals surface area contributed by atoms with Gasteiger partial charge in [0.25, 0.3) is 0 Å².